The van der Waals surface area contributed by atoms with Crippen LogP contribution in [0.15, 0.2) is 6.20 Å². The lowest BCUT2D eigenvalue weighted by molar-refractivity contribution is -0.122. The van der Waals surface area contributed by atoms with Crippen molar-refractivity contribution in [1.29, 1.82) is 0 Å². The first-order valence-corrected chi connectivity index (χ1v) is 7.07. The van der Waals surface area contributed by atoms with Crippen LogP contribution in [0.3, 0.4) is 0 Å². The number of aromatic nitrogens is 2. The van der Waals surface area contributed by atoms with E-state index in [4.69, 9.17) is 5.73 Å². The molecule has 1 amide bonds. The Bertz CT molecular complexity index is 450. The number of carbonyl (C=O) groups excluding carboxylic acids is 1. The maximum atomic E-state index is 11.7. The van der Waals surface area contributed by atoms with Gasteiger partial charge in [-0.1, -0.05) is 0 Å². The number of nitrogens with one attached hydrogen (secondary N) is 1. The lowest BCUT2D eigenvalue weighted by atomic mass is 9.93. The molecule has 2 atom stereocenters. The number of amides is 1. The summed E-state index contributed by atoms with van der Waals surface area (Å²) in [6.45, 7) is 6.10. The van der Waals surface area contributed by atoms with Gasteiger partial charge in [-0.2, -0.15) is 5.10 Å². The summed E-state index contributed by atoms with van der Waals surface area (Å²) in [4.78, 5) is 11.7. The van der Waals surface area contributed by atoms with Crippen molar-refractivity contribution in [3.05, 3.63) is 17.5 Å². The molecule has 0 saturated heterocycles. The summed E-state index contributed by atoms with van der Waals surface area (Å²) in [5, 5.41) is 7.67. The predicted octanol–water partition coefficient (Wildman–Crippen LogP) is 1.17. The van der Waals surface area contributed by atoms with Gasteiger partial charge in [0, 0.05) is 37.2 Å². The second-order valence-electron chi connectivity index (χ2n) is 5.86. The number of rotatable bonds is 4. The van der Waals surface area contributed by atoms with Crippen LogP contribution in [0.2, 0.25) is 0 Å². The quantitative estimate of drug-likeness (QED) is 0.857. The van der Waals surface area contributed by atoms with Crippen LogP contribution < -0.4 is 11.1 Å². The molecule has 0 aromatic carbocycles. The van der Waals surface area contributed by atoms with Gasteiger partial charge >= 0.3 is 0 Å². The van der Waals surface area contributed by atoms with Gasteiger partial charge in [-0.25, -0.2) is 0 Å². The Kier molecular flexibility index (Phi) is 4.24. The number of nitrogens with zero attached hydrogens (tertiary/aromatic N) is 2. The summed E-state index contributed by atoms with van der Waals surface area (Å²) in [5.74, 6) is 0.0479. The van der Waals surface area contributed by atoms with Crippen LogP contribution >= 0.6 is 0 Å². The molecule has 19 heavy (non-hydrogen) atoms. The van der Waals surface area contributed by atoms with E-state index in [1.54, 1.807) is 0 Å². The summed E-state index contributed by atoms with van der Waals surface area (Å²) >= 11 is 0. The molecule has 0 aliphatic heterocycles. The normalized spacial score (nSPS) is 20.2. The fourth-order valence-corrected chi connectivity index (χ4v) is 2.48. The van der Waals surface area contributed by atoms with E-state index in [-0.39, 0.29) is 18.0 Å². The molecule has 1 heterocycles. The van der Waals surface area contributed by atoms with Gasteiger partial charge in [-0.3, -0.25) is 9.48 Å². The van der Waals surface area contributed by atoms with Crippen LogP contribution in [0.5, 0.6) is 0 Å². The highest BCUT2D eigenvalue weighted by molar-refractivity contribution is 5.76. The molecule has 1 aromatic heterocycles. The monoisotopic (exact) mass is 264 g/mol. The van der Waals surface area contributed by atoms with E-state index in [9.17, 15) is 4.79 Å². The number of hydrogen-bond donors (Lipinski definition) is 2. The molecule has 1 aromatic rings. The van der Waals surface area contributed by atoms with Crippen molar-refractivity contribution in [2.75, 3.05) is 0 Å². The zero-order valence-corrected chi connectivity index (χ0v) is 12.0. The van der Waals surface area contributed by atoms with Crippen LogP contribution in [0, 0.1) is 0 Å². The van der Waals surface area contributed by atoms with Crippen molar-refractivity contribution < 1.29 is 4.79 Å². The first-order chi connectivity index (χ1) is 8.95. The molecule has 1 aliphatic rings. The number of hydrogen-bond acceptors (Lipinski definition) is 3. The number of carbonyl (C=O) groups is 1. The van der Waals surface area contributed by atoms with Gasteiger partial charge in [0.2, 0.25) is 5.91 Å². The van der Waals surface area contributed by atoms with Crippen molar-refractivity contribution in [1.82, 2.24) is 15.1 Å². The van der Waals surface area contributed by atoms with Gasteiger partial charge in [-0.05, 0) is 39.2 Å². The Morgan fingerprint density at radius 3 is 2.95 bits per heavy atom. The van der Waals surface area contributed by atoms with Gasteiger partial charge in [0.05, 0.1) is 5.69 Å². The third-order valence-corrected chi connectivity index (χ3v) is 3.50. The summed E-state index contributed by atoms with van der Waals surface area (Å²) in [5.41, 5.74) is 8.09. The van der Waals surface area contributed by atoms with Gasteiger partial charge in [0.1, 0.15) is 0 Å². The van der Waals surface area contributed by atoms with Crippen molar-refractivity contribution in [2.45, 2.75) is 64.6 Å². The lowest BCUT2D eigenvalue weighted by Gasteiger charge is -2.22. The van der Waals surface area contributed by atoms with Crippen molar-refractivity contribution >= 4 is 5.91 Å². The highest BCUT2D eigenvalue weighted by Crippen LogP contribution is 2.21. The van der Waals surface area contributed by atoms with Crippen molar-refractivity contribution in [3.8, 4) is 0 Å². The van der Waals surface area contributed by atoms with Gasteiger partial charge < -0.3 is 11.1 Å². The van der Waals surface area contributed by atoms with Crippen LogP contribution in [-0.4, -0.2) is 27.8 Å². The van der Waals surface area contributed by atoms with Crippen LogP contribution in [0.4, 0.5) is 0 Å². The van der Waals surface area contributed by atoms with Gasteiger partial charge in [-0.15, -0.1) is 0 Å². The number of aryl methyl sites for hydroxylation is 1. The van der Waals surface area contributed by atoms with Crippen molar-refractivity contribution in [3.63, 3.8) is 0 Å². The number of nitrogens with two attached hydrogens (primary N) is 1. The summed E-state index contributed by atoms with van der Waals surface area (Å²) in [6.07, 6.45) is 5.34. The molecule has 1 aliphatic carbocycles. The molecule has 5 nitrogen and oxygen atoms in total. The zero-order chi connectivity index (χ0) is 14.0. The first kappa shape index (κ1) is 14.1. The molecule has 0 fully saturated rings. The van der Waals surface area contributed by atoms with E-state index in [0.717, 1.165) is 25.0 Å². The minimum atomic E-state index is -0.0840. The summed E-state index contributed by atoms with van der Waals surface area (Å²) in [6, 6.07) is 0.505. The van der Waals surface area contributed by atoms with Crippen molar-refractivity contribution in [2.24, 2.45) is 5.73 Å². The molecule has 0 saturated carbocycles. The van der Waals surface area contributed by atoms with E-state index < -0.39 is 0 Å². The van der Waals surface area contributed by atoms with Gasteiger partial charge in [0.25, 0.3) is 0 Å². The fourth-order valence-electron chi connectivity index (χ4n) is 2.48. The average Bonchev–Trinajstić information content (AvgIpc) is 2.70. The fraction of sp³-hybridized carbons (Fsp3) is 0.714. The predicted molar refractivity (Wildman–Crippen MR) is 74.8 cm³/mol. The molecule has 3 N–H and O–H groups in total. The molecule has 2 unspecified atom stereocenters. The molecule has 0 radical (unpaired) electrons. The van der Waals surface area contributed by atoms with E-state index in [1.165, 1.54) is 5.56 Å². The maximum Gasteiger partial charge on any atom is 0.221 e. The molecule has 0 spiro atoms. The third kappa shape index (κ3) is 3.56. The molecule has 2 rings (SSSR count). The van der Waals surface area contributed by atoms with E-state index in [2.05, 4.69) is 30.5 Å². The van der Waals surface area contributed by atoms with Crippen LogP contribution in [0.1, 0.15) is 50.9 Å². The molecule has 0 bridgehead atoms. The SMILES string of the molecule is CC(N)CC(=O)NC1CCc2cn(C(C)C)nc2C1. The maximum absolute atomic E-state index is 11.7. The van der Waals surface area contributed by atoms with Crippen LogP contribution in [0.25, 0.3) is 0 Å². The van der Waals surface area contributed by atoms with Gasteiger partial charge in [0.15, 0.2) is 0 Å². The second kappa shape index (κ2) is 5.74. The Labute approximate surface area is 114 Å². The summed E-state index contributed by atoms with van der Waals surface area (Å²) in [7, 11) is 0. The largest absolute Gasteiger partial charge is 0.353 e. The zero-order valence-electron chi connectivity index (χ0n) is 12.0. The Morgan fingerprint density at radius 1 is 1.58 bits per heavy atom. The Balaban J connectivity index is 1.96. The highest BCUT2D eigenvalue weighted by Gasteiger charge is 2.23. The number of fused-ring (bicyclic) bond motifs is 1. The topological polar surface area (TPSA) is 72.9 Å². The Hall–Kier alpha value is -1.36. The highest BCUT2D eigenvalue weighted by atomic mass is 16.1. The van der Waals surface area contributed by atoms with E-state index >= 15 is 0 Å². The molecule has 5 heteroatoms. The molecular formula is C14H24N4O. The first-order valence-electron chi connectivity index (χ1n) is 7.07. The third-order valence-electron chi connectivity index (χ3n) is 3.50. The van der Waals surface area contributed by atoms with E-state index in [0.29, 0.717) is 12.5 Å². The lowest BCUT2D eigenvalue weighted by Crippen LogP contribution is -2.40. The van der Waals surface area contributed by atoms with Crippen LogP contribution in [-0.2, 0) is 17.6 Å². The molecule has 106 valence electrons. The minimum absolute atomic E-state index is 0.0479. The standard InChI is InChI=1S/C14H24N4O/c1-9(2)18-8-11-4-5-12(7-13(11)17-18)16-14(19)6-10(3)15/h8-10,12H,4-7,15H2,1-3H3,(H,16,19). The molecular weight excluding hydrogens is 240 g/mol. The Morgan fingerprint density at radius 2 is 2.32 bits per heavy atom. The average molecular weight is 264 g/mol. The smallest absolute Gasteiger partial charge is 0.221 e. The second-order valence-corrected chi connectivity index (χ2v) is 5.86. The minimum Gasteiger partial charge on any atom is -0.353 e. The van der Waals surface area contributed by atoms with E-state index in [1.807, 2.05) is 11.6 Å². The summed E-state index contributed by atoms with van der Waals surface area (Å²) < 4.78 is 2.01.